The SMILES string of the molecule is Cc1nc(N2CCC3(CC2)CO[C@@H](C)[C@H]3NC(=O)OC(C)(C)C)c(CO)nc1Sc1ccn2cc(-c3ccc[nH]3)nc2c1Cl. The second kappa shape index (κ2) is 11.9. The summed E-state index contributed by atoms with van der Waals surface area (Å²) in [5.41, 5.74) is 2.85. The summed E-state index contributed by atoms with van der Waals surface area (Å²) in [5, 5.41) is 14.6. The largest absolute Gasteiger partial charge is 0.444 e. The Balaban J connectivity index is 1.18. The fourth-order valence-electron chi connectivity index (χ4n) is 6.09. The molecule has 0 aromatic carbocycles. The molecule has 1 amide bonds. The molecule has 6 heterocycles. The van der Waals surface area contributed by atoms with Crippen molar-refractivity contribution in [1.29, 1.82) is 0 Å². The highest BCUT2D eigenvalue weighted by molar-refractivity contribution is 7.99. The molecule has 1 spiro atoms. The number of aromatic amines is 1. The standard InChI is InChI=1S/C31H38ClN7O4S/c1-18-28(44-23-8-12-39-15-21(20-7-6-11-33-20)35-27(39)24(23)32)36-22(16-40)26(34-18)38-13-9-31(10-14-38)17-42-19(2)25(31)37-29(41)43-30(3,4)5/h6-8,11-12,15,19,25,33,40H,9-10,13-14,16-17H2,1-5H3,(H,37,41)/t19-,25+/m0/s1. The van der Waals surface area contributed by atoms with Crippen molar-refractivity contribution in [2.24, 2.45) is 5.41 Å². The van der Waals surface area contributed by atoms with E-state index < -0.39 is 11.7 Å². The predicted molar refractivity (Wildman–Crippen MR) is 169 cm³/mol. The topological polar surface area (TPSA) is 130 Å². The number of aliphatic hydroxyl groups excluding tert-OH is 1. The van der Waals surface area contributed by atoms with Crippen LogP contribution in [0.2, 0.25) is 5.02 Å². The van der Waals surface area contributed by atoms with Crippen LogP contribution in [0.3, 0.4) is 0 Å². The van der Waals surface area contributed by atoms with Gasteiger partial charge in [0.15, 0.2) is 11.5 Å². The number of nitrogens with one attached hydrogen (secondary N) is 2. The normalized spacial score (nSPS) is 20.0. The van der Waals surface area contributed by atoms with Crippen molar-refractivity contribution in [2.75, 3.05) is 24.6 Å². The zero-order chi connectivity index (χ0) is 31.2. The number of nitrogens with zero attached hydrogens (tertiary/aromatic N) is 5. The molecule has 4 aromatic rings. The molecule has 11 nitrogen and oxygen atoms in total. The number of aryl methyl sites for hydroxylation is 1. The van der Waals surface area contributed by atoms with Crippen molar-refractivity contribution in [3.8, 4) is 11.4 Å². The number of aromatic nitrogens is 5. The maximum absolute atomic E-state index is 12.6. The molecule has 234 valence electrons. The summed E-state index contributed by atoms with van der Waals surface area (Å²) in [5.74, 6) is 0.679. The van der Waals surface area contributed by atoms with E-state index in [0.717, 1.165) is 34.8 Å². The first-order valence-corrected chi connectivity index (χ1v) is 16.0. The maximum Gasteiger partial charge on any atom is 0.407 e. The molecule has 2 fully saturated rings. The van der Waals surface area contributed by atoms with Gasteiger partial charge >= 0.3 is 6.09 Å². The number of carbonyl (C=O) groups excluding carboxylic acids is 1. The summed E-state index contributed by atoms with van der Waals surface area (Å²) in [7, 11) is 0. The molecule has 0 aliphatic carbocycles. The van der Waals surface area contributed by atoms with Crippen LogP contribution in [-0.4, -0.2) is 73.0 Å². The summed E-state index contributed by atoms with van der Waals surface area (Å²) in [6.07, 6.45) is 6.77. The molecule has 3 N–H and O–H groups in total. The molecular weight excluding hydrogens is 602 g/mol. The molecule has 2 saturated heterocycles. The Morgan fingerprint density at radius 1 is 1.27 bits per heavy atom. The van der Waals surface area contributed by atoms with Gasteiger partial charge in [-0.25, -0.2) is 19.7 Å². The number of carbonyl (C=O) groups is 1. The van der Waals surface area contributed by atoms with E-state index in [1.807, 2.05) is 75.8 Å². The Kier molecular flexibility index (Phi) is 8.29. The van der Waals surface area contributed by atoms with Crippen molar-refractivity contribution >= 4 is 40.9 Å². The van der Waals surface area contributed by atoms with Crippen molar-refractivity contribution in [3.63, 3.8) is 0 Å². The molecule has 2 aliphatic rings. The van der Waals surface area contributed by atoms with Crippen LogP contribution in [0.4, 0.5) is 10.6 Å². The second-order valence-electron chi connectivity index (χ2n) is 12.6. The minimum atomic E-state index is -0.575. The molecular formula is C31H38ClN7O4S. The predicted octanol–water partition coefficient (Wildman–Crippen LogP) is 5.62. The van der Waals surface area contributed by atoms with Crippen molar-refractivity contribution in [3.05, 3.63) is 53.2 Å². The number of fused-ring (bicyclic) bond motifs is 1. The van der Waals surface area contributed by atoms with Crippen LogP contribution in [0.5, 0.6) is 0 Å². The molecule has 2 atom stereocenters. The number of pyridine rings is 1. The average Bonchev–Trinajstić information content (AvgIpc) is 3.72. The lowest BCUT2D eigenvalue weighted by Crippen LogP contribution is -2.55. The molecule has 0 bridgehead atoms. The summed E-state index contributed by atoms with van der Waals surface area (Å²) < 4.78 is 13.5. The van der Waals surface area contributed by atoms with E-state index in [1.54, 1.807) is 0 Å². The number of H-pyrrole nitrogens is 1. The Morgan fingerprint density at radius 3 is 2.73 bits per heavy atom. The van der Waals surface area contributed by atoms with Gasteiger partial charge in [-0.3, -0.25) is 0 Å². The quantitative estimate of drug-likeness (QED) is 0.246. The number of hydrogen-bond acceptors (Lipinski definition) is 9. The van der Waals surface area contributed by atoms with Gasteiger partial charge in [0.25, 0.3) is 0 Å². The van der Waals surface area contributed by atoms with Gasteiger partial charge in [-0.2, -0.15) is 0 Å². The first kappa shape index (κ1) is 30.7. The van der Waals surface area contributed by atoms with Gasteiger partial charge in [-0.1, -0.05) is 23.4 Å². The number of aliphatic hydroxyl groups is 1. The number of imidazole rings is 1. The van der Waals surface area contributed by atoms with Crippen molar-refractivity contribution in [2.45, 2.75) is 81.7 Å². The molecule has 0 saturated carbocycles. The van der Waals surface area contributed by atoms with E-state index in [-0.39, 0.29) is 24.2 Å². The van der Waals surface area contributed by atoms with E-state index in [0.29, 0.717) is 46.9 Å². The fourth-order valence-corrected chi connectivity index (χ4v) is 7.28. The molecule has 6 rings (SSSR count). The lowest BCUT2D eigenvalue weighted by atomic mass is 9.73. The molecule has 0 radical (unpaired) electrons. The van der Waals surface area contributed by atoms with Crippen LogP contribution in [0.15, 0.2) is 46.7 Å². The van der Waals surface area contributed by atoms with Crippen molar-refractivity contribution in [1.82, 2.24) is 29.7 Å². The van der Waals surface area contributed by atoms with Gasteiger partial charge in [0, 0.05) is 42.0 Å². The van der Waals surface area contributed by atoms with Crippen molar-refractivity contribution < 1.29 is 19.4 Å². The van der Waals surface area contributed by atoms with Crippen LogP contribution in [0.1, 0.15) is 51.9 Å². The van der Waals surface area contributed by atoms with E-state index >= 15 is 0 Å². The monoisotopic (exact) mass is 639 g/mol. The summed E-state index contributed by atoms with van der Waals surface area (Å²) in [4.78, 5) is 33.3. The molecule has 0 unspecified atom stereocenters. The zero-order valence-electron chi connectivity index (χ0n) is 25.6. The number of hydrogen-bond donors (Lipinski definition) is 3. The van der Waals surface area contributed by atoms with E-state index in [1.165, 1.54) is 11.8 Å². The number of alkyl carbamates (subject to hydrolysis) is 1. The number of amides is 1. The molecule has 4 aromatic heterocycles. The van der Waals surface area contributed by atoms with Gasteiger partial charge in [0.1, 0.15) is 22.0 Å². The third-order valence-electron chi connectivity index (χ3n) is 8.33. The zero-order valence-corrected chi connectivity index (χ0v) is 27.1. The second-order valence-corrected chi connectivity index (χ2v) is 14.0. The minimum absolute atomic E-state index is 0.117. The summed E-state index contributed by atoms with van der Waals surface area (Å²) >= 11 is 8.23. The third kappa shape index (κ3) is 6.00. The molecule has 13 heteroatoms. The highest BCUT2D eigenvalue weighted by Gasteiger charge is 2.50. The van der Waals surface area contributed by atoms with Gasteiger partial charge in [-0.05, 0) is 65.7 Å². The lowest BCUT2D eigenvalue weighted by molar-refractivity contribution is 0.0434. The number of anilines is 1. The first-order chi connectivity index (χ1) is 21.0. The number of halogens is 1. The highest BCUT2D eigenvalue weighted by atomic mass is 35.5. The van der Waals surface area contributed by atoms with E-state index in [2.05, 4.69) is 15.2 Å². The highest BCUT2D eigenvalue weighted by Crippen LogP contribution is 2.44. The Labute approximate surface area is 265 Å². The van der Waals surface area contributed by atoms with Crippen LogP contribution in [0, 0.1) is 12.3 Å². The number of piperidine rings is 1. The van der Waals surface area contributed by atoms with Crippen LogP contribution < -0.4 is 10.2 Å². The minimum Gasteiger partial charge on any atom is -0.444 e. The number of ether oxygens (including phenoxy) is 2. The van der Waals surface area contributed by atoms with E-state index in [9.17, 15) is 9.90 Å². The molecule has 44 heavy (non-hydrogen) atoms. The number of rotatable bonds is 6. The average molecular weight is 640 g/mol. The Morgan fingerprint density at radius 2 is 2.05 bits per heavy atom. The summed E-state index contributed by atoms with van der Waals surface area (Å²) in [6, 6.07) is 5.67. The maximum atomic E-state index is 12.6. The molecule has 2 aliphatic heterocycles. The first-order valence-electron chi connectivity index (χ1n) is 14.8. The van der Waals surface area contributed by atoms with E-state index in [4.69, 9.17) is 36.0 Å². The Bertz CT molecular complexity index is 1660. The van der Waals surface area contributed by atoms with Gasteiger partial charge in [0.2, 0.25) is 0 Å². The summed E-state index contributed by atoms with van der Waals surface area (Å²) in [6.45, 7) is 11.2. The Hall–Kier alpha value is -3.32. The lowest BCUT2D eigenvalue weighted by Gasteiger charge is -2.43. The van der Waals surface area contributed by atoms with Gasteiger partial charge in [-0.15, -0.1) is 0 Å². The third-order valence-corrected chi connectivity index (χ3v) is 9.96. The van der Waals surface area contributed by atoms with Crippen LogP contribution in [-0.2, 0) is 16.1 Å². The van der Waals surface area contributed by atoms with Crippen LogP contribution >= 0.6 is 23.4 Å². The van der Waals surface area contributed by atoms with Gasteiger partial charge in [0.05, 0.1) is 41.8 Å². The smallest absolute Gasteiger partial charge is 0.407 e. The van der Waals surface area contributed by atoms with Crippen LogP contribution in [0.25, 0.3) is 17.0 Å². The fraction of sp³-hybridized carbons (Fsp3) is 0.484. The van der Waals surface area contributed by atoms with Gasteiger partial charge < -0.3 is 34.2 Å².